The molecule has 3 rings (SSSR count). The fourth-order valence-corrected chi connectivity index (χ4v) is 2.95. The van der Waals surface area contributed by atoms with Crippen molar-refractivity contribution in [3.05, 3.63) is 78.1 Å². The second-order valence-corrected chi connectivity index (χ2v) is 6.55. The second kappa shape index (κ2) is 8.54. The van der Waals surface area contributed by atoms with Crippen LogP contribution in [-0.4, -0.2) is 42.4 Å². The van der Waals surface area contributed by atoms with Crippen LogP contribution in [-0.2, 0) is 6.54 Å². The lowest BCUT2D eigenvalue weighted by Gasteiger charge is -2.25. The molecule has 2 aromatic carbocycles. The monoisotopic (exact) mass is 350 g/mol. The van der Waals surface area contributed by atoms with Gasteiger partial charge in [0.15, 0.2) is 0 Å². The number of methoxy groups -OCH3 is 1. The molecule has 0 saturated carbocycles. The zero-order chi connectivity index (χ0) is 18.4. The Bertz CT molecular complexity index is 796. The summed E-state index contributed by atoms with van der Waals surface area (Å²) in [6, 6.07) is 18.9. The van der Waals surface area contributed by atoms with Crippen molar-refractivity contribution in [1.82, 2.24) is 14.7 Å². The van der Waals surface area contributed by atoms with Gasteiger partial charge in [-0.25, -0.2) is 0 Å². The number of aromatic nitrogens is 2. The number of hydrogen-bond acceptors (Lipinski definition) is 4. The predicted molar refractivity (Wildman–Crippen MR) is 106 cm³/mol. The predicted octanol–water partition coefficient (Wildman–Crippen LogP) is 3.65. The third-order valence-corrected chi connectivity index (χ3v) is 4.44. The molecule has 0 aliphatic carbocycles. The Hall–Kier alpha value is -2.79. The zero-order valence-electron chi connectivity index (χ0n) is 15.6. The van der Waals surface area contributed by atoms with E-state index >= 15 is 0 Å². The van der Waals surface area contributed by atoms with Gasteiger partial charge in [-0.1, -0.05) is 42.5 Å². The van der Waals surface area contributed by atoms with E-state index in [0.717, 1.165) is 24.5 Å². The van der Waals surface area contributed by atoms with Crippen molar-refractivity contribution >= 4 is 5.69 Å². The molecule has 1 atom stereocenters. The minimum absolute atomic E-state index is 0.262. The van der Waals surface area contributed by atoms with Gasteiger partial charge in [0.25, 0.3) is 0 Å². The van der Waals surface area contributed by atoms with Crippen LogP contribution < -0.4 is 10.1 Å². The Labute approximate surface area is 155 Å². The van der Waals surface area contributed by atoms with Crippen LogP contribution in [0.5, 0.6) is 5.75 Å². The number of nitrogens with zero attached hydrogens (tertiary/aromatic N) is 3. The highest BCUT2D eigenvalue weighted by atomic mass is 16.5. The third kappa shape index (κ3) is 4.64. The number of anilines is 1. The van der Waals surface area contributed by atoms with Gasteiger partial charge in [0.2, 0.25) is 0 Å². The number of ether oxygens (including phenoxy) is 1. The van der Waals surface area contributed by atoms with E-state index in [2.05, 4.69) is 65.8 Å². The fraction of sp³-hybridized carbons (Fsp3) is 0.286. The van der Waals surface area contributed by atoms with Gasteiger partial charge in [-0.3, -0.25) is 4.68 Å². The first-order chi connectivity index (χ1) is 12.7. The average molecular weight is 350 g/mol. The van der Waals surface area contributed by atoms with Crippen LogP contribution in [0.3, 0.4) is 0 Å². The molecule has 0 amide bonds. The molecule has 0 aliphatic rings. The summed E-state index contributed by atoms with van der Waals surface area (Å²) in [6.45, 7) is 1.58. The first-order valence-corrected chi connectivity index (χ1v) is 8.76. The Morgan fingerprint density at radius 2 is 1.81 bits per heavy atom. The van der Waals surface area contributed by atoms with Crippen molar-refractivity contribution in [2.45, 2.75) is 12.6 Å². The van der Waals surface area contributed by atoms with E-state index < -0.39 is 0 Å². The van der Waals surface area contributed by atoms with Gasteiger partial charge >= 0.3 is 0 Å². The SMILES string of the molecule is COc1ccc(C(CNc2cnn(Cc3ccccc3)c2)N(C)C)cc1. The highest BCUT2D eigenvalue weighted by Gasteiger charge is 2.14. The van der Waals surface area contributed by atoms with Gasteiger partial charge in [0, 0.05) is 12.7 Å². The summed E-state index contributed by atoms with van der Waals surface area (Å²) in [6.07, 6.45) is 3.93. The Kier molecular flexibility index (Phi) is 5.92. The molecule has 3 aromatic rings. The zero-order valence-corrected chi connectivity index (χ0v) is 15.6. The van der Waals surface area contributed by atoms with Crippen molar-refractivity contribution in [3.8, 4) is 5.75 Å². The molecule has 0 radical (unpaired) electrons. The van der Waals surface area contributed by atoms with Crippen molar-refractivity contribution < 1.29 is 4.74 Å². The van der Waals surface area contributed by atoms with Crippen LogP contribution in [0.4, 0.5) is 5.69 Å². The smallest absolute Gasteiger partial charge is 0.118 e. The molecule has 0 aliphatic heterocycles. The van der Waals surface area contributed by atoms with Crippen LogP contribution >= 0.6 is 0 Å². The number of likely N-dealkylation sites (N-methyl/N-ethyl adjacent to an activating group) is 1. The molecule has 1 unspecified atom stereocenters. The number of benzene rings is 2. The van der Waals surface area contributed by atoms with E-state index in [9.17, 15) is 0 Å². The topological polar surface area (TPSA) is 42.3 Å². The van der Waals surface area contributed by atoms with Crippen LogP contribution in [0.2, 0.25) is 0 Å². The van der Waals surface area contributed by atoms with Crippen LogP contribution in [0.25, 0.3) is 0 Å². The van der Waals surface area contributed by atoms with E-state index in [4.69, 9.17) is 4.74 Å². The lowest BCUT2D eigenvalue weighted by atomic mass is 10.1. The van der Waals surface area contributed by atoms with Crippen molar-refractivity contribution in [3.63, 3.8) is 0 Å². The minimum atomic E-state index is 0.262. The maximum absolute atomic E-state index is 5.25. The van der Waals surface area contributed by atoms with Gasteiger partial charge in [0.05, 0.1) is 31.6 Å². The molecule has 1 N–H and O–H groups in total. The second-order valence-electron chi connectivity index (χ2n) is 6.55. The summed E-state index contributed by atoms with van der Waals surface area (Å²) < 4.78 is 7.20. The van der Waals surface area contributed by atoms with Crippen molar-refractivity contribution in [1.29, 1.82) is 0 Å². The minimum Gasteiger partial charge on any atom is -0.497 e. The van der Waals surface area contributed by atoms with Crippen LogP contribution in [0.15, 0.2) is 67.0 Å². The Morgan fingerprint density at radius 1 is 1.08 bits per heavy atom. The van der Waals surface area contributed by atoms with E-state index in [0.29, 0.717) is 0 Å². The molecule has 5 nitrogen and oxygen atoms in total. The van der Waals surface area contributed by atoms with Gasteiger partial charge < -0.3 is 15.0 Å². The first kappa shape index (κ1) is 18.0. The maximum Gasteiger partial charge on any atom is 0.118 e. The standard InChI is InChI=1S/C21H26N4O/c1-24(2)21(18-9-11-20(26-3)12-10-18)14-22-19-13-23-25(16-19)15-17-7-5-4-6-8-17/h4-13,16,21-22H,14-15H2,1-3H3. The summed E-state index contributed by atoms with van der Waals surface area (Å²) in [5.41, 5.74) is 3.52. The molecule has 136 valence electrons. The van der Waals surface area contributed by atoms with Crippen LogP contribution in [0, 0.1) is 0 Å². The Morgan fingerprint density at radius 3 is 2.46 bits per heavy atom. The molecule has 26 heavy (non-hydrogen) atoms. The van der Waals surface area contributed by atoms with Gasteiger partial charge in [0.1, 0.15) is 5.75 Å². The maximum atomic E-state index is 5.25. The summed E-state index contributed by atoms with van der Waals surface area (Å²) in [7, 11) is 5.87. The van der Waals surface area contributed by atoms with E-state index in [1.165, 1.54) is 11.1 Å². The van der Waals surface area contributed by atoms with Gasteiger partial charge in [-0.05, 0) is 37.4 Å². The summed E-state index contributed by atoms with van der Waals surface area (Å²) in [5.74, 6) is 0.876. The fourth-order valence-electron chi connectivity index (χ4n) is 2.95. The molecule has 5 heteroatoms. The summed E-state index contributed by atoms with van der Waals surface area (Å²) >= 11 is 0. The lowest BCUT2D eigenvalue weighted by molar-refractivity contribution is 0.311. The first-order valence-electron chi connectivity index (χ1n) is 8.76. The molecule has 0 spiro atoms. The van der Waals surface area contributed by atoms with Crippen LogP contribution in [0.1, 0.15) is 17.2 Å². The van der Waals surface area contributed by atoms with Gasteiger partial charge in [-0.2, -0.15) is 5.10 Å². The molecule has 0 fully saturated rings. The van der Waals surface area contributed by atoms with Crippen molar-refractivity contribution in [2.24, 2.45) is 0 Å². The molecule has 1 aromatic heterocycles. The van der Waals surface area contributed by atoms with Crippen molar-refractivity contribution in [2.75, 3.05) is 33.1 Å². The average Bonchev–Trinajstić information content (AvgIpc) is 3.10. The summed E-state index contributed by atoms with van der Waals surface area (Å²) in [5, 5.41) is 7.96. The van der Waals surface area contributed by atoms with Gasteiger partial charge in [-0.15, -0.1) is 0 Å². The quantitative estimate of drug-likeness (QED) is 0.673. The largest absolute Gasteiger partial charge is 0.497 e. The highest BCUT2D eigenvalue weighted by Crippen LogP contribution is 2.22. The number of hydrogen-bond donors (Lipinski definition) is 1. The summed E-state index contributed by atoms with van der Waals surface area (Å²) in [4.78, 5) is 2.21. The molecule has 0 bridgehead atoms. The Balaban J connectivity index is 1.62. The van der Waals surface area contributed by atoms with E-state index in [-0.39, 0.29) is 6.04 Å². The normalized spacial score (nSPS) is 12.2. The molecule has 1 heterocycles. The highest BCUT2D eigenvalue weighted by molar-refractivity contribution is 5.39. The number of nitrogens with one attached hydrogen (secondary N) is 1. The van der Waals surface area contributed by atoms with E-state index in [1.54, 1.807) is 7.11 Å². The number of rotatable bonds is 8. The molecular formula is C21H26N4O. The molecule has 0 saturated heterocycles. The van der Waals surface area contributed by atoms with E-state index in [1.807, 2.05) is 35.3 Å². The third-order valence-electron chi connectivity index (χ3n) is 4.44. The molecular weight excluding hydrogens is 324 g/mol. The lowest BCUT2D eigenvalue weighted by Crippen LogP contribution is -2.26.